The van der Waals surface area contributed by atoms with Gasteiger partial charge in [-0.1, -0.05) is 64.5 Å². The first-order valence-corrected chi connectivity index (χ1v) is 8.57. The molecule has 2 aromatic rings. The summed E-state index contributed by atoms with van der Waals surface area (Å²) in [6.45, 7) is 4.96. The molecule has 2 aromatic carbocycles. The number of ketones is 1. The molecule has 0 aromatic heterocycles. The number of carbonyl (C=O) groups excluding carboxylic acids is 1. The number of likely N-dealkylation sites (N-methyl/N-ethyl adjacent to an activating group) is 1. The third-order valence-corrected chi connectivity index (χ3v) is 5.39. The molecule has 2 atom stereocenters. The van der Waals surface area contributed by atoms with E-state index in [4.69, 9.17) is 0 Å². The topological polar surface area (TPSA) is 20.3 Å². The van der Waals surface area contributed by atoms with Crippen LogP contribution in [0.3, 0.4) is 0 Å². The molecule has 0 amide bonds. The van der Waals surface area contributed by atoms with Crippen LogP contribution in [0.1, 0.15) is 22.3 Å². The smallest absolute Gasteiger partial charge is 0.181 e. The number of carbonyl (C=O) groups is 1. The van der Waals surface area contributed by atoms with Crippen molar-refractivity contribution in [2.24, 2.45) is 0 Å². The number of likely N-dealkylation sites (tertiary alicyclic amines) is 1. The molecule has 23 heavy (non-hydrogen) atoms. The largest absolute Gasteiger partial charge is 0.295 e. The van der Waals surface area contributed by atoms with E-state index in [0.29, 0.717) is 0 Å². The summed E-state index contributed by atoms with van der Waals surface area (Å²) in [6.07, 6.45) is 2.86. The summed E-state index contributed by atoms with van der Waals surface area (Å²) >= 11 is 3.48. The highest BCUT2D eigenvalue weighted by molar-refractivity contribution is 9.10. The molecular formula is C20H20BrNO. The van der Waals surface area contributed by atoms with Gasteiger partial charge in [0.05, 0.1) is 6.04 Å². The third-order valence-electron chi connectivity index (χ3n) is 4.86. The molecule has 118 valence electrons. The molecule has 0 N–H and O–H groups in total. The predicted octanol–water partition coefficient (Wildman–Crippen LogP) is 4.46. The molecule has 1 aliphatic rings. The predicted molar refractivity (Wildman–Crippen MR) is 97.8 cm³/mol. The highest BCUT2D eigenvalue weighted by Gasteiger charge is 2.48. The molecule has 1 aliphatic heterocycles. The third kappa shape index (κ3) is 2.79. The van der Waals surface area contributed by atoms with Gasteiger partial charge in [-0.25, -0.2) is 0 Å². The molecule has 0 aliphatic carbocycles. The van der Waals surface area contributed by atoms with Gasteiger partial charge in [-0.3, -0.25) is 9.69 Å². The standard InChI is InChI=1S/C20H20BrNO/c1-3-20(16-9-11-17(21)12-10-16)13-14-22(2)19(20)18(23)15-7-5-4-6-8-15/h3-12,19H,1,13-14H2,2H3. The number of nitrogens with zero attached hydrogens (tertiary/aromatic N) is 1. The van der Waals surface area contributed by atoms with Crippen molar-refractivity contribution in [3.8, 4) is 0 Å². The monoisotopic (exact) mass is 369 g/mol. The summed E-state index contributed by atoms with van der Waals surface area (Å²) in [6, 6.07) is 17.6. The van der Waals surface area contributed by atoms with Crippen molar-refractivity contribution in [2.45, 2.75) is 17.9 Å². The lowest BCUT2D eigenvalue weighted by molar-refractivity contribution is 0.0855. The Hall–Kier alpha value is -1.71. The molecule has 3 heteroatoms. The van der Waals surface area contributed by atoms with Crippen molar-refractivity contribution in [1.82, 2.24) is 4.90 Å². The zero-order valence-electron chi connectivity index (χ0n) is 13.2. The molecule has 0 radical (unpaired) electrons. The Morgan fingerprint density at radius 1 is 1.22 bits per heavy atom. The number of hydrogen-bond donors (Lipinski definition) is 0. The van der Waals surface area contributed by atoms with E-state index in [1.165, 1.54) is 0 Å². The summed E-state index contributed by atoms with van der Waals surface area (Å²) < 4.78 is 1.04. The lowest BCUT2D eigenvalue weighted by Crippen LogP contribution is -2.45. The zero-order chi connectivity index (χ0) is 16.4. The van der Waals surface area contributed by atoms with Gasteiger partial charge in [0.1, 0.15) is 0 Å². The number of hydrogen-bond acceptors (Lipinski definition) is 2. The van der Waals surface area contributed by atoms with Crippen molar-refractivity contribution in [3.63, 3.8) is 0 Å². The average Bonchev–Trinajstić information content (AvgIpc) is 2.93. The second-order valence-electron chi connectivity index (χ2n) is 6.11. The minimum absolute atomic E-state index is 0.161. The highest BCUT2D eigenvalue weighted by atomic mass is 79.9. The van der Waals surface area contributed by atoms with E-state index in [0.717, 1.165) is 28.6 Å². The van der Waals surface area contributed by atoms with Gasteiger partial charge in [0.15, 0.2) is 5.78 Å². The van der Waals surface area contributed by atoms with Crippen LogP contribution < -0.4 is 0 Å². The van der Waals surface area contributed by atoms with Gasteiger partial charge in [0.25, 0.3) is 0 Å². The van der Waals surface area contributed by atoms with E-state index < -0.39 is 0 Å². The first-order chi connectivity index (χ1) is 11.1. The van der Waals surface area contributed by atoms with Crippen LogP contribution in [0.5, 0.6) is 0 Å². The van der Waals surface area contributed by atoms with E-state index >= 15 is 0 Å². The summed E-state index contributed by atoms with van der Waals surface area (Å²) in [5.74, 6) is 0.161. The number of rotatable bonds is 4. The Bertz CT molecular complexity index is 710. The molecule has 0 saturated carbocycles. The van der Waals surface area contributed by atoms with Crippen molar-refractivity contribution < 1.29 is 4.79 Å². The van der Waals surface area contributed by atoms with Crippen LogP contribution in [-0.2, 0) is 5.41 Å². The maximum Gasteiger partial charge on any atom is 0.181 e. The molecule has 1 fully saturated rings. The van der Waals surface area contributed by atoms with E-state index in [-0.39, 0.29) is 17.2 Å². The van der Waals surface area contributed by atoms with Crippen molar-refractivity contribution in [3.05, 3.63) is 82.9 Å². The second-order valence-corrected chi connectivity index (χ2v) is 7.03. The Morgan fingerprint density at radius 2 is 1.87 bits per heavy atom. The van der Waals surface area contributed by atoms with Gasteiger partial charge >= 0.3 is 0 Å². The lowest BCUT2D eigenvalue weighted by Gasteiger charge is -2.34. The number of Topliss-reactive ketones (excluding diaryl/α,β-unsaturated/α-hetero) is 1. The molecule has 2 nitrogen and oxygen atoms in total. The fourth-order valence-corrected chi connectivity index (χ4v) is 3.87. The van der Waals surface area contributed by atoms with Crippen LogP contribution in [0, 0.1) is 0 Å². The summed E-state index contributed by atoms with van der Waals surface area (Å²) in [7, 11) is 2.02. The van der Waals surface area contributed by atoms with Gasteiger partial charge in [0.2, 0.25) is 0 Å². The number of halogens is 1. The van der Waals surface area contributed by atoms with E-state index in [2.05, 4.69) is 39.5 Å². The minimum Gasteiger partial charge on any atom is -0.295 e. The van der Waals surface area contributed by atoms with Crippen LogP contribution >= 0.6 is 15.9 Å². The van der Waals surface area contributed by atoms with Crippen LogP contribution in [0.4, 0.5) is 0 Å². The Balaban J connectivity index is 2.07. The molecular weight excluding hydrogens is 350 g/mol. The summed E-state index contributed by atoms with van der Waals surface area (Å²) in [5.41, 5.74) is 1.56. The first kappa shape index (κ1) is 16.2. The average molecular weight is 370 g/mol. The lowest BCUT2D eigenvalue weighted by atomic mass is 9.72. The van der Waals surface area contributed by atoms with Gasteiger partial charge in [-0.15, -0.1) is 6.58 Å². The summed E-state index contributed by atoms with van der Waals surface area (Å²) in [4.78, 5) is 15.3. The number of benzene rings is 2. The van der Waals surface area contributed by atoms with E-state index in [9.17, 15) is 4.79 Å². The van der Waals surface area contributed by atoms with Crippen LogP contribution in [0.2, 0.25) is 0 Å². The maximum absolute atomic E-state index is 13.2. The normalized spacial score (nSPS) is 24.5. The van der Waals surface area contributed by atoms with Crippen LogP contribution in [0.25, 0.3) is 0 Å². The molecule has 3 rings (SSSR count). The zero-order valence-corrected chi connectivity index (χ0v) is 14.8. The molecule has 0 bridgehead atoms. The Kier molecular flexibility index (Phi) is 4.51. The van der Waals surface area contributed by atoms with Crippen molar-refractivity contribution in [1.29, 1.82) is 0 Å². The molecule has 2 unspecified atom stereocenters. The maximum atomic E-state index is 13.2. The first-order valence-electron chi connectivity index (χ1n) is 7.77. The fraction of sp³-hybridized carbons (Fsp3) is 0.250. The Morgan fingerprint density at radius 3 is 2.48 bits per heavy atom. The van der Waals surface area contributed by atoms with E-state index in [1.807, 2.05) is 55.6 Å². The second kappa shape index (κ2) is 6.42. The fourth-order valence-electron chi connectivity index (χ4n) is 3.61. The van der Waals surface area contributed by atoms with Gasteiger partial charge in [0, 0.05) is 15.5 Å². The van der Waals surface area contributed by atoms with Crippen LogP contribution in [0.15, 0.2) is 71.7 Å². The highest BCUT2D eigenvalue weighted by Crippen LogP contribution is 2.42. The quantitative estimate of drug-likeness (QED) is 0.585. The van der Waals surface area contributed by atoms with Crippen molar-refractivity contribution in [2.75, 3.05) is 13.6 Å². The van der Waals surface area contributed by atoms with Gasteiger partial charge in [-0.2, -0.15) is 0 Å². The molecule has 1 heterocycles. The van der Waals surface area contributed by atoms with Gasteiger partial charge < -0.3 is 0 Å². The Labute approximate surface area is 146 Å². The molecule has 1 saturated heterocycles. The van der Waals surface area contributed by atoms with E-state index in [1.54, 1.807) is 0 Å². The molecule has 0 spiro atoms. The van der Waals surface area contributed by atoms with Crippen molar-refractivity contribution >= 4 is 21.7 Å². The van der Waals surface area contributed by atoms with Gasteiger partial charge in [-0.05, 0) is 37.7 Å². The SMILES string of the molecule is C=CC1(c2ccc(Br)cc2)CCN(C)C1C(=O)c1ccccc1. The minimum atomic E-state index is -0.345. The summed E-state index contributed by atoms with van der Waals surface area (Å²) in [5, 5.41) is 0. The van der Waals surface area contributed by atoms with Crippen LogP contribution in [-0.4, -0.2) is 30.3 Å².